The molecule has 1 fully saturated rings. The first kappa shape index (κ1) is 14.5. The minimum atomic E-state index is 0.835. The van der Waals surface area contributed by atoms with Crippen molar-refractivity contribution in [1.82, 2.24) is 0 Å². The Labute approximate surface area is 139 Å². The quantitative estimate of drug-likeness (QED) is 0.626. The molecule has 2 aromatic carbocycles. The van der Waals surface area contributed by atoms with Crippen molar-refractivity contribution >= 4 is 39.7 Å². The zero-order chi connectivity index (χ0) is 14.8. The van der Waals surface area contributed by atoms with Crippen LogP contribution >= 0.6 is 22.6 Å². The van der Waals surface area contributed by atoms with Crippen LogP contribution < -0.4 is 15.5 Å². The Hall–Kier alpha value is -1.43. The van der Waals surface area contributed by atoms with Crippen LogP contribution in [0.4, 0.5) is 17.1 Å². The van der Waals surface area contributed by atoms with Gasteiger partial charge in [-0.1, -0.05) is 12.1 Å². The monoisotopic (exact) mass is 393 g/mol. The van der Waals surface area contributed by atoms with Crippen LogP contribution in [0.15, 0.2) is 42.5 Å². The number of nitrogens with zero attached hydrogens (tertiary/aromatic N) is 2. The van der Waals surface area contributed by atoms with Crippen LogP contribution in [0.25, 0.3) is 0 Å². The number of benzene rings is 2. The van der Waals surface area contributed by atoms with Crippen molar-refractivity contribution in [3.05, 3.63) is 51.6 Å². The summed E-state index contributed by atoms with van der Waals surface area (Å²) in [7, 11) is 0. The van der Waals surface area contributed by atoms with Crippen LogP contribution in [0.5, 0.6) is 0 Å². The second-order valence-electron chi connectivity index (χ2n) is 5.52. The highest BCUT2D eigenvalue weighted by Crippen LogP contribution is 2.27. The molecule has 1 aliphatic rings. The Morgan fingerprint density at radius 1 is 0.952 bits per heavy atom. The molecule has 2 N–H and O–H groups in total. The maximum atomic E-state index is 5.84. The van der Waals surface area contributed by atoms with E-state index in [1.165, 1.54) is 20.5 Å². The number of nitrogen functional groups attached to an aromatic ring is 1. The zero-order valence-corrected chi connectivity index (χ0v) is 14.4. The Morgan fingerprint density at radius 2 is 1.67 bits per heavy atom. The average molecular weight is 393 g/mol. The molecule has 2 aromatic rings. The summed E-state index contributed by atoms with van der Waals surface area (Å²) in [6, 6.07) is 14.9. The molecule has 1 aliphatic heterocycles. The average Bonchev–Trinajstić information content (AvgIpc) is 2.47. The van der Waals surface area contributed by atoms with Gasteiger partial charge in [0.15, 0.2) is 0 Å². The van der Waals surface area contributed by atoms with Crippen molar-refractivity contribution < 1.29 is 0 Å². The third-order valence-electron chi connectivity index (χ3n) is 3.96. The first-order chi connectivity index (χ1) is 10.1. The highest BCUT2D eigenvalue weighted by atomic mass is 127. The molecule has 0 bridgehead atoms. The van der Waals surface area contributed by atoms with Crippen molar-refractivity contribution in [2.24, 2.45) is 0 Å². The first-order valence-corrected chi connectivity index (χ1v) is 8.33. The fourth-order valence-electron chi connectivity index (χ4n) is 2.81. The maximum absolute atomic E-state index is 5.84. The van der Waals surface area contributed by atoms with Gasteiger partial charge in [0.05, 0.1) is 5.69 Å². The number of hydrogen-bond acceptors (Lipinski definition) is 3. The van der Waals surface area contributed by atoms with Crippen LogP contribution in [-0.2, 0) is 0 Å². The molecule has 0 saturated carbocycles. The highest BCUT2D eigenvalue weighted by Gasteiger charge is 2.19. The van der Waals surface area contributed by atoms with Crippen molar-refractivity contribution in [3.63, 3.8) is 0 Å². The van der Waals surface area contributed by atoms with Crippen LogP contribution in [-0.4, -0.2) is 26.2 Å². The van der Waals surface area contributed by atoms with Gasteiger partial charge in [-0.05, 0) is 65.4 Å². The lowest BCUT2D eigenvalue weighted by atomic mass is 10.2. The lowest BCUT2D eigenvalue weighted by molar-refractivity contribution is 0.652. The summed E-state index contributed by atoms with van der Waals surface area (Å²) in [4.78, 5) is 4.92. The predicted molar refractivity (Wildman–Crippen MR) is 99.2 cm³/mol. The predicted octanol–water partition coefficient (Wildman–Crippen LogP) is 3.51. The minimum absolute atomic E-state index is 0.835. The zero-order valence-electron chi connectivity index (χ0n) is 12.2. The number of aryl methyl sites for hydroxylation is 1. The van der Waals surface area contributed by atoms with E-state index in [2.05, 4.69) is 69.6 Å². The summed E-state index contributed by atoms with van der Waals surface area (Å²) in [5.74, 6) is 0. The third kappa shape index (κ3) is 3.26. The lowest BCUT2D eigenvalue weighted by Crippen LogP contribution is -2.46. The Kier molecular flexibility index (Phi) is 4.24. The van der Waals surface area contributed by atoms with E-state index in [9.17, 15) is 0 Å². The largest absolute Gasteiger partial charge is 0.399 e. The van der Waals surface area contributed by atoms with Crippen molar-refractivity contribution in [1.29, 1.82) is 0 Å². The topological polar surface area (TPSA) is 32.5 Å². The Bertz CT molecular complexity index is 634. The summed E-state index contributed by atoms with van der Waals surface area (Å²) < 4.78 is 1.23. The summed E-state index contributed by atoms with van der Waals surface area (Å²) in [6.45, 7) is 6.37. The first-order valence-electron chi connectivity index (χ1n) is 7.25. The molecule has 0 aliphatic carbocycles. The normalized spacial score (nSPS) is 15.3. The highest BCUT2D eigenvalue weighted by molar-refractivity contribution is 14.1. The van der Waals surface area contributed by atoms with Crippen LogP contribution in [0, 0.1) is 10.5 Å². The molecule has 1 saturated heterocycles. The van der Waals surface area contributed by atoms with Gasteiger partial charge in [-0.2, -0.15) is 0 Å². The molecular formula is C17H20IN3. The number of nitrogens with two attached hydrogens (primary N) is 1. The third-order valence-corrected chi connectivity index (χ3v) is 4.82. The number of hydrogen-bond donors (Lipinski definition) is 1. The van der Waals surface area contributed by atoms with Gasteiger partial charge in [-0.3, -0.25) is 0 Å². The molecule has 0 spiro atoms. The molecule has 4 heteroatoms. The fraction of sp³-hybridized carbons (Fsp3) is 0.294. The molecule has 0 atom stereocenters. The molecule has 110 valence electrons. The van der Waals surface area contributed by atoms with Crippen LogP contribution in [0.3, 0.4) is 0 Å². The second kappa shape index (κ2) is 6.13. The van der Waals surface area contributed by atoms with E-state index in [1.807, 2.05) is 12.1 Å². The van der Waals surface area contributed by atoms with Gasteiger partial charge in [-0.25, -0.2) is 0 Å². The maximum Gasteiger partial charge on any atom is 0.0504 e. The summed E-state index contributed by atoms with van der Waals surface area (Å²) in [6.07, 6.45) is 0. The van der Waals surface area contributed by atoms with Crippen molar-refractivity contribution in [2.75, 3.05) is 41.7 Å². The van der Waals surface area contributed by atoms with E-state index in [0.29, 0.717) is 0 Å². The fourth-order valence-corrected chi connectivity index (χ4v) is 3.69. The van der Waals surface area contributed by atoms with E-state index in [4.69, 9.17) is 5.73 Å². The minimum Gasteiger partial charge on any atom is -0.399 e. The van der Waals surface area contributed by atoms with Gasteiger partial charge in [0.1, 0.15) is 0 Å². The molecule has 0 aromatic heterocycles. The van der Waals surface area contributed by atoms with Crippen molar-refractivity contribution in [3.8, 4) is 0 Å². The smallest absolute Gasteiger partial charge is 0.0504 e. The SMILES string of the molecule is Cc1cccc(N2CCN(c3ccc(N)cc3I)CC2)c1. The van der Waals surface area contributed by atoms with Crippen LogP contribution in [0.1, 0.15) is 5.56 Å². The van der Waals surface area contributed by atoms with Gasteiger partial charge in [-0.15, -0.1) is 0 Å². The summed E-state index contributed by atoms with van der Waals surface area (Å²) in [5.41, 5.74) is 10.6. The van der Waals surface area contributed by atoms with E-state index < -0.39 is 0 Å². The van der Waals surface area contributed by atoms with Crippen LogP contribution in [0.2, 0.25) is 0 Å². The molecule has 3 rings (SSSR count). The Morgan fingerprint density at radius 3 is 2.33 bits per heavy atom. The molecule has 0 radical (unpaired) electrons. The van der Waals surface area contributed by atoms with Gasteiger partial charge in [0.25, 0.3) is 0 Å². The van der Waals surface area contributed by atoms with Crippen molar-refractivity contribution in [2.45, 2.75) is 6.92 Å². The second-order valence-corrected chi connectivity index (χ2v) is 6.69. The Balaban J connectivity index is 1.70. The van der Waals surface area contributed by atoms with E-state index in [1.54, 1.807) is 0 Å². The molecular weight excluding hydrogens is 373 g/mol. The molecule has 0 unspecified atom stereocenters. The lowest BCUT2D eigenvalue weighted by Gasteiger charge is -2.38. The standard InChI is InChI=1S/C17H20IN3/c1-13-3-2-4-15(11-13)20-7-9-21(10-8-20)17-6-5-14(19)12-16(17)18/h2-6,11-12H,7-10,19H2,1H3. The summed E-state index contributed by atoms with van der Waals surface area (Å²) in [5, 5.41) is 0. The number of anilines is 3. The summed E-state index contributed by atoms with van der Waals surface area (Å²) >= 11 is 2.37. The van der Waals surface area contributed by atoms with Gasteiger partial charge in [0.2, 0.25) is 0 Å². The van der Waals surface area contributed by atoms with E-state index in [0.717, 1.165) is 31.9 Å². The van der Waals surface area contributed by atoms with Gasteiger partial charge < -0.3 is 15.5 Å². The number of piperazine rings is 1. The molecule has 1 heterocycles. The number of rotatable bonds is 2. The van der Waals surface area contributed by atoms with E-state index >= 15 is 0 Å². The van der Waals surface area contributed by atoms with Gasteiger partial charge >= 0.3 is 0 Å². The number of halogens is 1. The van der Waals surface area contributed by atoms with Gasteiger partial charge in [0, 0.05) is 41.1 Å². The molecule has 21 heavy (non-hydrogen) atoms. The molecule has 3 nitrogen and oxygen atoms in total. The van der Waals surface area contributed by atoms with E-state index in [-0.39, 0.29) is 0 Å². The molecule has 0 amide bonds.